The first-order valence-corrected chi connectivity index (χ1v) is 11.8. The van der Waals surface area contributed by atoms with Crippen molar-refractivity contribution in [2.45, 2.75) is 45.1 Å². The molecular weight excluding hydrogens is 468 g/mol. The molecule has 0 aromatic heterocycles. The third-order valence-corrected chi connectivity index (χ3v) is 5.72. The second kappa shape index (κ2) is 14.4. The van der Waals surface area contributed by atoms with Gasteiger partial charge in [-0.25, -0.2) is 0 Å². The van der Waals surface area contributed by atoms with Crippen LogP contribution < -0.4 is 16.0 Å². The Hall–Kier alpha value is -4.02. The highest BCUT2D eigenvalue weighted by atomic mass is 16.4. The zero-order valence-electron chi connectivity index (χ0n) is 20.2. The number of imide groups is 1. The molecule has 11 heteroatoms. The van der Waals surface area contributed by atoms with E-state index < -0.39 is 29.7 Å². The van der Waals surface area contributed by atoms with Gasteiger partial charge in [0.25, 0.3) is 11.8 Å². The van der Waals surface area contributed by atoms with E-state index in [2.05, 4.69) is 16.0 Å². The second-order valence-electron chi connectivity index (χ2n) is 8.52. The first kappa shape index (κ1) is 28.2. The average molecular weight is 501 g/mol. The molecule has 194 valence electrons. The molecule has 11 nitrogen and oxygen atoms in total. The molecule has 1 heterocycles. The first-order valence-electron chi connectivity index (χ1n) is 11.8. The van der Waals surface area contributed by atoms with Gasteiger partial charge in [0.05, 0.1) is 19.0 Å². The number of rotatable bonds is 15. The molecule has 0 fully saturated rings. The number of carbonyl (C=O) groups is 6. The van der Waals surface area contributed by atoms with Crippen molar-refractivity contribution >= 4 is 35.5 Å². The van der Waals surface area contributed by atoms with Gasteiger partial charge in [-0.2, -0.15) is 0 Å². The normalized spacial score (nSPS) is 14.3. The number of hydrogen-bond donors (Lipinski definition) is 4. The number of nitrogens with one attached hydrogen (secondary N) is 3. The van der Waals surface area contributed by atoms with Crippen LogP contribution in [0.4, 0.5) is 0 Å². The molecule has 0 aliphatic carbocycles. The van der Waals surface area contributed by atoms with Crippen molar-refractivity contribution in [1.82, 2.24) is 20.9 Å². The first-order chi connectivity index (χ1) is 17.2. The van der Waals surface area contributed by atoms with E-state index in [9.17, 15) is 33.9 Å². The van der Waals surface area contributed by atoms with Crippen molar-refractivity contribution in [3.63, 3.8) is 0 Å². The molecule has 5 amide bonds. The molecule has 0 bridgehead atoms. The van der Waals surface area contributed by atoms with Crippen LogP contribution in [0.2, 0.25) is 0 Å². The van der Waals surface area contributed by atoms with E-state index in [4.69, 9.17) is 0 Å². The Kier molecular flexibility index (Phi) is 11.3. The predicted molar refractivity (Wildman–Crippen MR) is 129 cm³/mol. The van der Waals surface area contributed by atoms with Crippen molar-refractivity contribution in [2.24, 2.45) is 5.92 Å². The van der Waals surface area contributed by atoms with E-state index in [1.54, 1.807) is 0 Å². The molecule has 2 rings (SSSR count). The highest BCUT2D eigenvalue weighted by Crippen LogP contribution is 2.11. The number of nitrogens with zero attached hydrogens (tertiary/aromatic N) is 1. The lowest BCUT2D eigenvalue weighted by molar-refractivity contribution is -0.142. The van der Waals surface area contributed by atoms with E-state index in [1.165, 1.54) is 19.1 Å². The van der Waals surface area contributed by atoms with Crippen molar-refractivity contribution in [3.8, 4) is 0 Å². The minimum atomic E-state index is -1.04. The summed E-state index contributed by atoms with van der Waals surface area (Å²) in [7, 11) is 0. The van der Waals surface area contributed by atoms with Gasteiger partial charge in [0, 0.05) is 31.2 Å². The Labute approximate surface area is 209 Å². The average Bonchev–Trinajstić information content (AvgIpc) is 3.17. The van der Waals surface area contributed by atoms with Gasteiger partial charge in [-0.1, -0.05) is 36.8 Å². The van der Waals surface area contributed by atoms with Crippen LogP contribution in [0.15, 0.2) is 42.5 Å². The number of hydrogen-bond acceptors (Lipinski definition) is 6. The van der Waals surface area contributed by atoms with Gasteiger partial charge in [-0.05, 0) is 31.7 Å². The predicted octanol–water partition coefficient (Wildman–Crippen LogP) is 0.152. The van der Waals surface area contributed by atoms with Gasteiger partial charge < -0.3 is 21.1 Å². The van der Waals surface area contributed by atoms with Gasteiger partial charge >= 0.3 is 5.97 Å². The topological polar surface area (TPSA) is 162 Å². The summed E-state index contributed by atoms with van der Waals surface area (Å²) in [4.78, 5) is 71.7. The monoisotopic (exact) mass is 500 g/mol. The maximum atomic E-state index is 12.3. The van der Waals surface area contributed by atoms with Gasteiger partial charge in [0.2, 0.25) is 17.7 Å². The fourth-order valence-electron chi connectivity index (χ4n) is 3.54. The van der Waals surface area contributed by atoms with E-state index in [1.807, 2.05) is 30.3 Å². The fourth-order valence-corrected chi connectivity index (χ4v) is 3.54. The number of carbonyl (C=O) groups excluding carboxylic acids is 5. The van der Waals surface area contributed by atoms with E-state index >= 15 is 0 Å². The van der Waals surface area contributed by atoms with Crippen molar-refractivity contribution < 1.29 is 33.9 Å². The highest BCUT2D eigenvalue weighted by molar-refractivity contribution is 6.12. The van der Waals surface area contributed by atoms with Crippen molar-refractivity contribution in [1.29, 1.82) is 0 Å². The summed E-state index contributed by atoms with van der Waals surface area (Å²) < 4.78 is 0. The Morgan fingerprint density at radius 2 is 1.47 bits per heavy atom. The maximum absolute atomic E-state index is 12.3. The number of benzene rings is 1. The SMILES string of the molecule is CC(C(=O)O)[C@H](Cc1ccccc1)NC(=O)CNC(=O)CNC(=O)CCCCCN1C(=O)C=CC1=O. The lowest BCUT2D eigenvalue weighted by Crippen LogP contribution is -2.48. The molecule has 1 aliphatic rings. The van der Waals surface area contributed by atoms with E-state index in [0.717, 1.165) is 10.5 Å². The van der Waals surface area contributed by atoms with Crippen LogP contribution in [-0.2, 0) is 35.2 Å². The van der Waals surface area contributed by atoms with Crippen molar-refractivity contribution in [2.75, 3.05) is 19.6 Å². The molecule has 0 saturated carbocycles. The third kappa shape index (κ3) is 9.69. The summed E-state index contributed by atoms with van der Waals surface area (Å²) in [6, 6.07) is 8.50. The molecular formula is C25H32N4O7. The Balaban J connectivity index is 1.62. The quantitative estimate of drug-likeness (QED) is 0.197. The van der Waals surface area contributed by atoms with Crippen LogP contribution in [0.3, 0.4) is 0 Å². The van der Waals surface area contributed by atoms with Crippen LogP contribution in [0.5, 0.6) is 0 Å². The molecule has 4 N–H and O–H groups in total. The van der Waals surface area contributed by atoms with Crippen LogP contribution in [0.1, 0.15) is 38.2 Å². The zero-order valence-corrected chi connectivity index (χ0v) is 20.2. The molecule has 0 saturated heterocycles. The van der Waals surface area contributed by atoms with E-state index in [-0.39, 0.29) is 37.2 Å². The smallest absolute Gasteiger partial charge is 0.308 e. The molecule has 2 atom stereocenters. The molecule has 1 aliphatic heterocycles. The highest BCUT2D eigenvalue weighted by Gasteiger charge is 2.26. The number of amides is 5. The number of carboxylic acids is 1. The molecule has 1 aromatic rings. The summed E-state index contributed by atoms with van der Waals surface area (Å²) in [5.41, 5.74) is 0.873. The molecule has 1 unspecified atom stereocenters. The molecule has 1 aromatic carbocycles. The van der Waals surface area contributed by atoms with Crippen LogP contribution in [-0.4, -0.2) is 71.2 Å². The Morgan fingerprint density at radius 1 is 0.861 bits per heavy atom. The van der Waals surface area contributed by atoms with E-state index in [0.29, 0.717) is 32.2 Å². The standard InChI is InChI=1S/C25H32N4O7/c1-17(25(35)36)19(14-18-8-4-2-5-9-18)28-22(32)16-27-21(31)15-26-20(30)10-6-3-7-13-29-23(33)11-12-24(29)34/h2,4-5,8-9,11-12,17,19H,3,6-7,10,13-16H2,1H3,(H,26,30)(H,27,31)(H,28,32)(H,35,36)/t17?,19-/m0/s1. The fraction of sp³-hybridized carbons (Fsp3) is 0.440. The number of carboxylic acid groups (broad SMARTS) is 1. The Bertz CT molecular complexity index is 975. The van der Waals surface area contributed by atoms with Gasteiger partial charge in [-0.3, -0.25) is 33.7 Å². The van der Waals surface area contributed by atoms with Gasteiger partial charge in [0.1, 0.15) is 0 Å². The summed E-state index contributed by atoms with van der Waals surface area (Å²) in [5, 5.41) is 16.9. The largest absolute Gasteiger partial charge is 0.481 e. The number of aliphatic carboxylic acids is 1. The minimum Gasteiger partial charge on any atom is -0.481 e. The maximum Gasteiger partial charge on any atom is 0.308 e. The van der Waals surface area contributed by atoms with Crippen molar-refractivity contribution in [3.05, 3.63) is 48.0 Å². The third-order valence-electron chi connectivity index (χ3n) is 5.72. The second-order valence-corrected chi connectivity index (χ2v) is 8.52. The van der Waals surface area contributed by atoms with Gasteiger partial charge in [0.15, 0.2) is 0 Å². The lowest BCUT2D eigenvalue weighted by Gasteiger charge is -2.22. The van der Waals surface area contributed by atoms with Gasteiger partial charge in [-0.15, -0.1) is 0 Å². The van der Waals surface area contributed by atoms with Crippen LogP contribution >= 0.6 is 0 Å². The summed E-state index contributed by atoms with van der Waals surface area (Å²) in [6.45, 7) is 1.16. The number of unbranched alkanes of at least 4 members (excludes halogenated alkanes) is 2. The van der Waals surface area contributed by atoms with Crippen LogP contribution in [0, 0.1) is 5.92 Å². The zero-order chi connectivity index (χ0) is 26.5. The lowest BCUT2D eigenvalue weighted by atomic mass is 9.95. The molecule has 36 heavy (non-hydrogen) atoms. The molecule has 0 radical (unpaired) electrons. The Morgan fingerprint density at radius 3 is 2.11 bits per heavy atom. The summed E-state index contributed by atoms with van der Waals surface area (Å²) >= 11 is 0. The molecule has 0 spiro atoms. The summed E-state index contributed by atoms with van der Waals surface area (Å²) in [5.74, 6) is -3.96. The van der Waals surface area contributed by atoms with Crippen LogP contribution in [0.25, 0.3) is 0 Å². The summed E-state index contributed by atoms with van der Waals surface area (Å²) in [6.07, 6.45) is 4.70. The minimum absolute atomic E-state index is 0.183.